The van der Waals surface area contributed by atoms with Gasteiger partial charge in [-0.05, 0) is 25.3 Å². The van der Waals surface area contributed by atoms with E-state index in [2.05, 4.69) is 5.32 Å². The number of carbonyl (C=O) groups excluding carboxylic acids is 2. The Morgan fingerprint density at radius 2 is 2.05 bits per heavy atom. The average molecular weight is 304 g/mol. The highest BCUT2D eigenvalue weighted by molar-refractivity contribution is 5.83. The Kier molecular flexibility index (Phi) is 5.95. The standard InChI is InChI=1S/C17H24N2O3/c1-13-5-7-15(8-6-13)11-19(14(2)20)12-17(21)18-10-16-4-3-9-22-16/h5-8,16H,3-4,9-12H2,1-2H3,(H,18,21). The van der Waals surface area contributed by atoms with Crippen LogP contribution in [0.3, 0.4) is 0 Å². The second-order valence-electron chi connectivity index (χ2n) is 5.80. The third-order valence-corrected chi connectivity index (χ3v) is 3.82. The monoisotopic (exact) mass is 304 g/mol. The molecule has 1 atom stereocenters. The molecule has 0 aromatic heterocycles. The zero-order valence-electron chi connectivity index (χ0n) is 13.3. The quantitative estimate of drug-likeness (QED) is 0.869. The molecule has 0 aliphatic carbocycles. The third-order valence-electron chi connectivity index (χ3n) is 3.82. The maximum atomic E-state index is 12.0. The van der Waals surface area contributed by atoms with Crippen LogP contribution in [0.25, 0.3) is 0 Å². The van der Waals surface area contributed by atoms with Crippen LogP contribution in [-0.2, 0) is 20.9 Å². The van der Waals surface area contributed by atoms with Crippen LogP contribution in [0, 0.1) is 6.92 Å². The summed E-state index contributed by atoms with van der Waals surface area (Å²) in [5.41, 5.74) is 2.19. The molecule has 0 bridgehead atoms. The number of aryl methyl sites for hydroxylation is 1. The van der Waals surface area contributed by atoms with Crippen LogP contribution in [0.4, 0.5) is 0 Å². The van der Waals surface area contributed by atoms with Gasteiger partial charge >= 0.3 is 0 Å². The Morgan fingerprint density at radius 3 is 2.64 bits per heavy atom. The van der Waals surface area contributed by atoms with E-state index in [-0.39, 0.29) is 24.5 Å². The normalized spacial score (nSPS) is 17.3. The molecule has 2 amide bonds. The number of rotatable bonds is 6. The lowest BCUT2D eigenvalue weighted by molar-refractivity contribution is -0.135. The molecule has 22 heavy (non-hydrogen) atoms. The summed E-state index contributed by atoms with van der Waals surface area (Å²) < 4.78 is 5.47. The zero-order valence-corrected chi connectivity index (χ0v) is 13.3. The number of carbonyl (C=O) groups is 2. The molecule has 5 heteroatoms. The molecular formula is C17H24N2O3. The first-order valence-electron chi connectivity index (χ1n) is 7.74. The highest BCUT2D eigenvalue weighted by Crippen LogP contribution is 2.11. The maximum Gasteiger partial charge on any atom is 0.239 e. The van der Waals surface area contributed by atoms with Crippen molar-refractivity contribution in [2.24, 2.45) is 0 Å². The number of hydrogen-bond acceptors (Lipinski definition) is 3. The fraction of sp³-hybridized carbons (Fsp3) is 0.529. The van der Waals surface area contributed by atoms with E-state index in [1.807, 2.05) is 31.2 Å². The van der Waals surface area contributed by atoms with Crippen molar-refractivity contribution >= 4 is 11.8 Å². The molecule has 1 heterocycles. The predicted molar refractivity (Wildman–Crippen MR) is 84.3 cm³/mol. The van der Waals surface area contributed by atoms with Crippen LogP contribution in [0.2, 0.25) is 0 Å². The van der Waals surface area contributed by atoms with Crippen LogP contribution in [0.5, 0.6) is 0 Å². The van der Waals surface area contributed by atoms with Gasteiger partial charge in [0.1, 0.15) is 0 Å². The van der Waals surface area contributed by atoms with Crippen molar-refractivity contribution in [3.05, 3.63) is 35.4 Å². The van der Waals surface area contributed by atoms with E-state index in [1.165, 1.54) is 12.5 Å². The van der Waals surface area contributed by atoms with Gasteiger partial charge in [-0.3, -0.25) is 9.59 Å². The van der Waals surface area contributed by atoms with E-state index in [0.29, 0.717) is 13.1 Å². The van der Waals surface area contributed by atoms with Gasteiger partial charge in [-0.2, -0.15) is 0 Å². The zero-order chi connectivity index (χ0) is 15.9. The van der Waals surface area contributed by atoms with E-state index in [9.17, 15) is 9.59 Å². The molecule has 5 nitrogen and oxygen atoms in total. The molecule has 1 N–H and O–H groups in total. The number of benzene rings is 1. The Hall–Kier alpha value is -1.88. The van der Waals surface area contributed by atoms with Crippen LogP contribution in [0.1, 0.15) is 30.9 Å². The van der Waals surface area contributed by atoms with E-state index in [1.54, 1.807) is 4.90 Å². The SMILES string of the molecule is CC(=O)N(CC(=O)NCC1CCCO1)Cc1ccc(C)cc1. The Bertz CT molecular complexity index is 507. The minimum Gasteiger partial charge on any atom is -0.376 e. The third kappa shape index (κ3) is 5.15. The van der Waals surface area contributed by atoms with Gasteiger partial charge < -0.3 is 15.0 Å². The fourth-order valence-electron chi connectivity index (χ4n) is 2.45. The van der Waals surface area contributed by atoms with Gasteiger partial charge in [0.05, 0.1) is 12.6 Å². The van der Waals surface area contributed by atoms with Crippen molar-refractivity contribution in [3.63, 3.8) is 0 Å². The predicted octanol–water partition coefficient (Wildman–Crippen LogP) is 1.64. The largest absolute Gasteiger partial charge is 0.376 e. The minimum atomic E-state index is -0.141. The summed E-state index contributed by atoms with van der Waals surface area (Å²) in [4.78, 5) is 25.3. The van der Waals surface area contributed by atoms with E-state index in [0.717, 1.165) is 25.0 Å². The second kappa shape index (κ2) is 7.94. The lowest BCUT2D eigenvalue weighted by Crippen LogP contribution is -2.41. The Balaban J connectivity index is 1.83. The number of amides is 2. The lowest BCUT2D eigenvalue weighted by atomic mass is 10.1. The molecule has 1 aromatic rings. The second-order valence-corrected chi connectivity index (χ2v) is 5.80. The van der Waals surface area contributed by atoms with E-state index in [4.69, 9.17) is 4.74 Å². The van der Waals surface area contributed by atoms with Crippen molar-refractivity contribution in [2.45, 2.75) is 39.3 Å². The smallest absolute Gasteiger partial charge is 0.239 e. The first-order chi connectivity index (χ1) is 10.5. The van der Waals surface area contributed by atoms with E-state index >= 15 is 0 Å². The minimum absolute atomic E-state index is 0.0793. The van der Waals surface area contributed by atoms with Crippen LogP contribution >= 0.6 is 0 Å². The van der Waals surface area contributed by atoms with Gasteiger partial charge in [0.15, 0.2) is 0 Å². The van der Waals surface area contributed by atoms with Gasteiger partial charge in [-0.25, -0.2) is 0 Å². The van der Waals surface area contributed by atoms with Gasteiger partial charge in [0.2, 0.25) is 11.8 Å². The molecule has 2 rings (SSSR count). The van der Waals surface area contributed by atoms with Gasteiger partial charge in [-0.1, -0.05) is 29.8 Å². The van der Waals surface area contributed by atoms with Gasteiger partial charge in [0, 0.05) is 26.6 Å². The molecular weight excluding hydrogens is 280 g/mol. The Labute approximate surface area is 131 Å². The highest BCUT2D eigenvalue weighted by atomic mass is 16.5. The van der Waals surface area contributed by atoms with Gasteiger partial charge in [-0.15, -0.1) is 0 Å². The molecule has 0 saturated carbocycles. The molecule has 0 radical (unpaired) electrons. The number of hydrogen-bond donors (Lipinski definition) is 1. The molecule has 120 valence electrons. The topological polar surface area (TPSA) is 58.6 Å². The highest BCUT2D eigenvalue weighted by Gasteiger charge is 2.18. The van der Waals surface area contributed by atoms with Crippen LogP contribution in [-0.4, -0.2) is 42.5 Å². The molecule has 1 saturated heterocycles. The summed E-state index contributed by atoms with van der Waals surface area (Å²) in [7, 11) is 0. The average Bonchev–Trinajstić information content (AvgIpc) is 3.00. The summed E-state index contributed by atoms with van der Waals surface area (Å²) in [5.74, 6) is -0.245. The summed E-state index contributed by atoms with van der Waals surface area (Å²) in [6.07, 6.45) is 2.15. The molecule has 1 aliphatic rings. The summed E-state index contributed by atoms with van der Waals surface area (Å²) in [6, 6.07) is 7.97. The van der Waals surface area contributed by atoms with Crippen molar-refractivity contribution in [1.29, 1.82) is 0 Å². The van der Waals surface area contributed by atoms with Gasteiger partial charge in [0.25, 0.3) is 0 Å². The Morgan fingerprint density at radius 1 is 1.32 bits per heavy atom. The summed E-state index contributed by atoms with van der Waals surface area (Å²) in [5, 5.41) is 2.85. The van der Waals surface area contributed by atoms with Crippen molar-refractivity contribution in [2.75, 3.05) is 19.7 Å². The van der Waals surface area contributed by atoms with Crippen LogP contribution < -0.4 is 5.32 Å². The number of nitrogens with zero attached hydrogens (tertiary/aromatic N) is 1. The van der Waals surface area contributed by atoms with Crippen molar-refractivity contribution < 1.29 is 14.3 Å². The van der Waals surface area contributed by atoms with Crippen molar-refractivity contribution in [3.8, 4) is 0 Å². The van der Waals surface area contributed by atoms with Crippen molar-refractivity contribution in [1.82, 2.24) is 10.2 Å². The fourth-order valence-corrected chi connectivity index (χ4v) is 2.45. The molecule has 1 aliphatic heterocycles. The maximum absolute atomic E-state index is 12.0. The lowest BCUT2D eigenvalue weighted by Gasteiger charge is -2.21. The number of nitrogens with one attached hydrogen (secondary N) is 1. The first-order valence-corrected chi connectivity index (χ1v) is 7.74. The van der Waals surface area contributed by atoms with E-state index < -0.39 is 0 Å². The number of ether oxygens (including phenoxy) is 1. The summed E-state index contributed by atoms with van der Waals surface area (Å²) >= 11 is 0. The molecule has 1 fully saturated rings. The summed E-state index contributed by atoms with van der Waals surface area (Å²) in [6.45, 7) is 5.33. The molecule has 0 spiro atoms. The molecule has 1 unspecified atom stereocenters. The molecule has 1 aromatic carbocycles. The van der Waals surface area contributed by atoms with Crippen LogP contribution in [0.15, 0.2) is 24.3 Å². The first kappa shape index (κ1) is 16.5.